The van der Waals surface area contributed by atoms with Crippen LogP contribution in [0.4, 0.5) is 0 Å². The minimum Gasteiger partial charge on any atom is -0.329 e. The summed E-state index contributed by atoms with van der Waals surface area (Å²) in [6, 6.07) is 0. The summed E-state index contributed by atoms with van der Waals surface area (Å²) in [4.78, 5) is 0. The summed E-state index contributed by atoms with van der Waals surface area (Å²) in [5, 5.41) is 0. The highest BCUT2D eigenvalue weighted by Crippen LogP contribution is 2.12. The summed E-state index contributed by atoms with van der Waals surface area (Å²) >= 11 is 0. The van der Waals surface area contributed by atoms with Gasteiger partial charge in [-0.15, -0.1) is 0 Å². The smallest absolute Gasteiger partial charge is 0.0782 e. The maximum Gasteiger partial charge on any atom is 0.0782 e. The lowest BCUT2D eigenvalue weighted by molar-refractivity contribution is -0.888. The Kier molecular flexibility index (Phi) is 11.4. The van der Waals surface area contributed by atoms with Crippen LogP contribution in [0.3, 0.4) is 0 Å². The fraction of sp³-hybridized carbons (Fsp3) is 1.00. The average Bonchev–Trinajstić information content (AvgIpc) is 2.44. The Morgan fingerprint density at radius 1 is 0.429 bits per heavy atom. The molecule has 0 aliphatic carbocycles. The van der Waals surface area contributed by atoms with Crippen LogP contribution in [0.25, 0.3) is 0 Å². The predicted molar refractivity (Wildman–Crippen MR) is 96.6 cm³/mol. The molecule has 0 aliphatic rings. The summed E-state index contributed by atoms with van der Waals surface area (Å²) in [7, 11) is 9.38. The van der Waals surface area contributed by atoms with E-state index in [0.717, 1.165) is 0 Å². The van der Waals surface area contributed by atoms with E-state index in [4.69, 9.17) is 0 Å². The molecule has 0 aliphatic heterocycles. The van der Waals surface area contributed by atoms with E-state index in [1.165, 1.54) is 92.9 Å². The molecule has 0 unspecified atom stereocenters. The van der Waals surface area contributed by atoms with E-state index in [1.54, 1.807) is 0 Å². The van der Waals surface area contributed by atoms with Crippen molar-refractivity contribution >= 4 is 0 Å². The molecule has 0 aromatic rings. The van der Waals surface area contributed by atoms with E-state index < -0.39 is 0 Å². The average molecular weight is 301 g/mol. The van der Waals surface area contributed by atoms with Crippen molar-refractivity contribution in [3.63, 3.8) is 0 Å². The van der Waals surface area contributed by atoms with E-state index in [-0.39, 0.29) is 0 Å². The number of nitrogens with zero attached hydrogens (tertiary/aromatic N) is 2. The fourth-order valence-electron chi connectivity index (χ4n) is 2.63. The van der Waals surface area contributed by atoms with Gasteiger partial charge in [0.05, 0.1) is 54.4 Å². The number of quaternary nitrogens is 2. The third-order valence-electron chi connectivity index (χ3n) is 5.24. The molecule has 0 saturated heterocycles. The summed E-state index contributed by atoms with van der Waals surface area (Å²) in [6.07, 6.45) is 12.9. The molecule has 128 valence electrons. The predicted octanol–water partition coefficient (Wildman–Crippen LogP) is 4.69. The zero-order valence-corrected chi connectivity index (χ0v) is 16.1. The topological polar surface area (TPSA) is 0 Å². The van der Waals surface area contributed by atoms with E-state index in [1.807, 2.05) is 0 Å². The van der Waals surface area contributed by atoms with Crippen molar-refractivity contribution in [2.24, 2.45) is 0 Å². The van der Waals surface area contributed by atoms with Gasteiger partial charge in [-0.2, -0.15) is 0 Å². The monoisotopic (exact) mass is 300 g/mol. The van der Waals surface area contributed by atoms with Crippen LogP contribution < -0.4 is 0 Å². The zero-order valence-electron chi connectivity index (χ0n) is 16.1. The number of hydrogen-bond donors (Lipinski definition) is 0. The molecule has 0 fully saturated rings. The summed E-state index contributed by atoms with van der Waals surface area (Å²) in [6.45, 7) is 9.80. The van der Waals surface area contributed by atoms with Crippen LogP contribution in [0, 0.1) is 0 Å². The highest BCUT2D eigenvalue weighted by Gasteiger charge is 2.10. The van der Waals surface area contributed by atoms with Gasteiger partial charge in [0.25, 0.3) is 0 Å². The molecule has 0 saturated carbocycles. The lowest BCUT2D eigenvalue weighted by atomic mass is 10.1. The van der Waals surface area contributed by atoms with Crippen molar-refractivity contribution in [3.05, 3.63) is 0 Å². The Hall–Kier alpha value is -0.0800. The highest BCUT2D eigenvalue weighted by atomic mass is 15.3. The summed E-state index contributed by atoms with van der Waals surface area (Å²) < 4.78 is 2.37. The van der Waals surface area contributed by atoms with Crippen molar-refractivity contribution in [1.82, 2.24) is 0 Å². The number of rotatable bonds is 14. The van der Waals surface area contributed by atoms with Crippen LogP contribution in [0.5, 0.6) is 0 Å². The first-order valence-electron chi connectivity index (χ1n) is 9.47. The van der Waals surface area contributed by atoms with Crippen molar-refractivity contribution < 1.29 is 8.97 Å². The molecule has 0 radical (unpaired) electrons. The number of hydrogen-bond acceptors (Lipinski definition) is 0. The van der Waals surface area contributed by atoms with Crippen LogP contribution in [0.1, 0.15) is 71.6 Å². The molecular weight excluding hydrogens is 256 g/mol. The maximum absolute atomic E-state index is 2.35. The maximum atomic E-state index is 2.35. The molecule has 0 spiro atoms. The molecule has 2 nitrogen and oxygen atoms in total. The molecule has 2 heteroatoms. The molecule has 0 heterocycles. The Bertz CT molecular complexity index is 210. The van der Waals surface area contributed by atoms with Crippen molar-refractivity contribution in [2.45, 2.75) is 71.6 Å². The zero-order chi connectivity index (χ0) is 16.2. The largest absolute Gasteiger partial charge is 0.329 e. The van der Waals surface area contributed by atoms with Crippen molar-refractivity contribution in [2.75, 3.05) is 54.4 Å². The van der Waals surface area contributed by atoms with E-state index in [2.05, 4.69) is 42.0 Å². The first-order chi connectivity index (χ1) is 9.83. The molecule has 21 heavy (non-hydrogen) atoms. The normalized spacial score (nSPS) is 12.9. The van der Waals surface area contributed by atoms with Crippen molar-refractivity contribution in [1.29, 1.82) is 0 Å². The van der Waals surface area contributed by atoms with Gasteiger partial charge in [-0.3, -0.25) is 0 Å². The molecule has 0 bridgehead atoms. The second kappa shape index (κ2) is 11.5. The third-order valence-corrected chi connectivity index (χ3v) is 5.24. The van der Waals surface area contributed by atoms with Crippen LogP contribution in [-0.2, 0) is 0 Å². The Balaban J connectivity index is 3.23. The fourth-order valence-corrected chi connectivity index (χ4v) is 2.63. The van der Waals surface area contributed by atoms with Crippen LogP contribution >= 0.6 is 0 Å². The minimum atomic E-state index is 1.19. The molecule has 0 atom stereocenters. The lowest BCUT2D eigenvalue weighted by Gasteiger charge is -2.28. The second-order valence-electron chi connectivity index (χ2n) is 8.13. The molecule has 0 amide bonds. The van der Waals surface area contributed by atoms with Gasteiger partial charge < -0.3 is 8.97 Å². The molecular formula is C19H44N2+2. The highest BCUT2D eigenvalue weighted by molar-refractivity contribution is 4.48. The molecule has 0 N–H and O–H groups in total. The first kappa shape index (κ1) is 20.9. The van der Waals surface area contributed by atoms with Crippen molar-refractivity contribution in [3.8, 4) is 0 Å². The number of unbranched alkanes of at least 4 members (excludes halogenated alkanes) is 8. The van der Waals surface area contributed by atoms with Crippen LogP contribution in [-0.4, -0.2) is 63.3 Å². The van der Waals surface area contributed by atoms with Crippen LogP contribution in [0.2, 0.25) is 0 Å². The Morgan fingerprint density at radius 2 is 0.667 bits per heavy atom. The quantitative estimate of drug-likeness (QED) is 0.322. The first-order valence-corrected chi connectivity index (χ1v) is 9.47. The Labute approximate surface area is 135 Å². The second-order valence-corrected chi connectivity index (χ2v) is 8.13. The van der Waals surface area contributed by atoms with E-state index in [0.29, 0.717) is 0 Å². The molecule has 0 aromatic carbocycles. The van der Waals surface area contributed by atoms with Gasteiger partial charge in [-0.1, -0.05) is 32.1 Å². The van der Waals surface area contributed by atoms with Gasteiger partial charge in [0.15, 0.2) is 0 Å². The lowest BCUT2D eigenvalue weighted by Crippen LogP contribution is -2.39. The summed E-state index contributed by atoms with van der Waals surface area (Å²) in [5.41, 5.74) is 0. The Morgan fingerprint density at radius 3 is 0.905 bits per heavy atom. The van der Waals surface area contributed by atoms with Gasteiger partial charge in [-0.05, 0) is 39.5 Å². The van der Waals surface area contributed by atoms with E-state index >= 15 is 0 Å². The van der Waals surface area contributed by atoms with Gasteiger partial charge in [-0.25, -0.2) is 0 Å². The molecule has 0 aromatic heterocycles. The minimum absolute atomic E-state index is 1.19. The van der Waals surface area contributed by atoms with Gasteiger partial charge >= 0.3 is 0 Å². The SMILES string of the molecule is CC[N+](C)(C)CCCCCCCCCCC[N+](C)(C)CC. The van der Waals surface area contributed by atoms with Gasteiger partial charge in [0, 0.05) is 0 Å². The third kappa shape index (κ3) is 13.3. The van der Waals surface area contributed by atoms with Crippen LogP contribution in [0.15, 0.2) is 0 Å². The standard InChI is InChI=1S/C19H44N2/c1-7-20(3,4)18-16-14-12-10-9-11-13-15-17-19-21(5,6)8-2/h7-19H2,1-6H3/q+2. The van der Waals surface area contributed by atoms with E-state index in [9.17, 15) is 0 Å². The van der Waals surface area contributed by atoms with Gasteiger partial charge in [0.2, 0.25) is 0 Å². The summed E-state index contributed by atoms with van der Waals surface area (Å²) in [5.74, 6) is 0. The van der Waals surface area contributed by atoms with Gasteiger partial charge in [0.1, 0.15) is 0 Å². The molecule has 0 rings (SSSR count).